The summed E-state index contributed by atoms with van der Waals surface area (Å²) < 4.78 is 50.4. The number of rotatable bonds is 6. The predicted molar refractivity (Wildman–Crippen MR) is 139 cm³/mol. The van der Waals surface area contributed by atoms with Crippen molar-refractivity contribution in [2.24, 2.45) is 11.7 Å². The molecule has 0 aliphatic carbocycles. The Bertz CT molecular complexity index is 1270. The third kappa shape index (κ3) is 5.48. The Kier molecular flexibility index (Phi) is 7.56. The number of ether oxygens (including phenoxy) is 1. The van der Waals surface area contributed by atoms with Crippen molar-refractivity contribution in [2.45, 2.75) is 44.4 Å². The van der Waals surface area contributed by atoms with E-state index in [1.165, 1.54) is 6.07 Å². The number of nitrogens with zero attached hydrogens (tertiary/aromatic N) is 3. The highest BCUT2D eigenvalue weighted by molar-refractivity contribution is 5.69. The molecule has 1 aromatic carbocycles. The molecule has 2 aliphatic rings. The Hall–Kier alpha value is -3.21. The summed E-state index contributed by atoms with van der Waals surface area (Å²) in [4.78, 5) is 10.7. The Balaban J connectivity index is 1.39. The molecule has 5 rings (SSSR count). The van der Waals surface area contributed by atoms with Crippen LogP contribution in [0.5, 0.6) is 0 Å². The molecule has 38 heavy (non-hydrogen) atoms. The molecule has 0 saturated carbocycles. The average Bonchev–Trinajstić information content (AvgIpc) is 2.88. The van der Waals surface area contributed by atoms with E-state index >= 15 is 8.78 Å². The molecule has 2 atom stereocenters. The summed E-state index contributed by atoms with van der Waals surface area (Å²) in [6, 6.07) is 6.72. The molecule has 2 aliphatic heterocycles. The second kappa shape index (κ2) is 10.9. The third-order valence-corrected chi connectivity index (χ3v) is 7.33. The minimum Gasteiger partial charge on any atom is -0.385 e. The van der Waals surface area contributed by atoms with Gasteiger partial charge in [0.1, 0.15) is 23.1 Å². The summed E-state index contributed by atoms with van der Waals surface area (Å²) in [5.41, 5.74) is 6.05. The van der Waals surface area contributed by atoms with Crippen LogP contribution in [0, 0.1) is 23.4 Å². The third-order valence-electron chi connectivity index (χ3n) is 7.33. The normalized spacial score (nSPS) is 21.4. The van der Waals surface area contributed by atoms with Crippen LogP contribution in [0.3, 0.4) is 0 Å². The molecule has 4 N–H and O–H groups in total. The molecular weight excluding hydrogens is 495 g/mol. The molecule has 0 bridgehead atoms. The summed E-state index contributed by atoms with van der Waals surface area (Å²) in [7, 11) is 0. The van der Waals surface area contributed by atoms with Gasteiger partial charge in [0.05, 0.1) is 41.0 Å². The summed E-state index contributed by atoms with van der Waals surface area (Å²) in [6.45, 7) is 4.51. The fourth-order valence-electron chi connectivity index (χ4n) is 5.40. The molecule has 2 aromatic heterocycles. The number of benzene rings is 1. The van der Waals surface area contributed by atoms with E-state index in [2.05, 4.69) is 27.1 Å². The summed E-state index contributed by atoms with van der Waals surface area (Å²) >= 11 is 0. The Morgan fingerprint density at radius 1 is 1.11 bits per heavy atom. The van der Waals surface area contributed by atoms with E-state index in [-0.39, 0.29) is 44.2 Å². The van der Waals surface area contributed by atoms with Crippen molar-refractivity contribution in [1.82, 2.24) is 9.97 Å². The second-order valence-corrected chi connectivity index (χ2v) is 10.3. The SMILES string of the molecule is CC1CC(N)CN(c2ccncc2NCc2ccc(F)c(-c3c(F)cc(C4(O)CCOCC4)cc3F)n2)C1. The van der Waals surface area contributed by atoms with Gasteiger partial charge in [-0.15, -0.1) is 0 Å². The fraction of sp³-hybridized carbons (Fsp3) is 0.429. The molecule has 0 radical (unpaired) electrons. The lowest BCUT2D eigenvalue weighted by Gasteiger charge is -2.37. The number of hydrogen-bond acceptors (Lipinski definition) is 7. The Morgan fingerprint density at radius 3 is 2.55 bits per heavy atom. The largest absolute Gasteiger partial charge is 0.385 e. The Labute approximate surface area is 219 Å². The van der Waals surface area contributed by atoms with Crippen LogP contribution < -0.4 is 16.0 Å². The number of anilines is 2. The van der Waals surface area contributed by atoms with Gasteiger partial charge in [0.2, 0.25) is 0 Å². The molecule has 3 aromatic rings. The van der Waals surface area contributed by atoms with Crippen LogP contribution in [0.4, 0.5) is 24.5 Å². The van der Waals surface area contributed by atoms with Crippen molar-refractivity contribution in [3.05, 3.63) is 71.4 Å². The first-order valence-corrected chi connectivity index (χ1v) is 12.9. The van der Waals surface area contributed by atoms with Gasteiger partial charge in [-0.05, 0) is 48.2 Å². The molecule has 7 nitrogen and oxygen atoms in total. The van der Waals surface area contributed by atoms with Crippen LogP contribution in [-0.4, -0.2) is 47.4 Å². The lowest BCUT2D eigenvalue weighted by atomic mass is 9.85. The highest BCUT2D eigenvalue weighted by atomic mass is 19.1. The first kappa shape index (κ1) is 26.4. The molecule has 2 fully saturated rings. The lowest BCUT2D eigenvalue weighted by molar-refractivity contribution is -0.0682. The smallest absolute Gasteiger partial charge is 0.149 e. The highest BCUT2D eigenvalue weighted by Gasteiger charge is 2.34. The van der Waals surface area contributed by atoms with Crippen molar-refractivity contribution < 1.29 is 23.0 Å². The van der Waals surface area contributed by atoms with Crippen LogP contribution in [0.1, 0.15) is 37.4 Å². The zero-order valence-electron chi connectivity index (χ0n) is 21.3. The molecule has 0 amide bonds. The Morgan fingerprint density at radius 2 is 1.84 bits per heavy atom. The lowest BCUT2D eigenvalue weighted by Crippen LogP contribution is -2.46. The van der Waals surface area contributed by atoms with Crippen LogP contribution in [0.2, 0.25) is 0 Å². The van der Waals surface area contributed by atoms with Crippen LogP contribution in [0.15, 0.2) is 42.7 Å². The molecular formula is C28H32F3N5O2. The quantitative estimate of drug-likeness (QED) is 0.439. The van der Waals surface area contributed by atoms with Crippen LogP contribution in [-0.2, 0) is 16.9 Å². The minimum absolute atomic E-state index is 0.0735. The van der Waals surface area contributed by atoms with Gasteiger partial charge < -0.3 is 25.8 Å². The zero-order chi connectivity index (χ0) is 26.9. The van der Waals surface area contributed by atoms with Crippen LogP contribution in [0.25, 0.3) is 11.3 Å². The van der Waals surface area contributed by atoms with Crippen molar-refractivity contribution >= 4 is 11.4 Å². The number of nitrogens with one attached hydrogen (secondary N) is 1. The summed E-state index contributed by atoms with van der Waals surface area (Å²) in [5.74, 6) is -2.37. The second-order valence-electron chi connectivity index (χ2n) is 10.3. The number of pyridine rings is 2. The van der Waals surface area contributed by atoms with Gasteiger partial charge in [-0.25, -0.2) is 18.2 Å². The maximum absolute atomic E-state index is 15.2. The van der Waals surface area contributed by atoms with Crippen molar-refractivity contribution in [3.8, 4) is 11.3 Å². The topological polar surface area (TPSA) is 96.5 Å². The number of nitrogens with two attached hydrogens (primary N) is 1. The molecule has 2 unspecified atom stereocenters. The van der Waals surface area contributed by atoms with Gasteiger partial charge in [-0.3, -0.25) is 4.98 Å². The van der Waals surface area contributed by atoms with E-state index in [0.29, 0.717) is 11.6 Å². The van der Waals surface area contributed by atoms with E-state index in [1.54, 1.807) is 12.4 Å². The van der Waals surface area contributed by atoms with Crippen molar-refractivity contribution in [3.63, 3.8) is 0 Å². The van der Waals surface area contributed by atoms with Crippen molar-refractivity contribution in [1.29, 1.82) is 0 Å². The maximum atomic E-state index is 15.2. The first-order valence-electron chi connectivity index (χ1n) is 12.9. The molecule has 0 spiro atoms. The number of piperidine rings is 1. The van der Waals surface area contributed by atoms with Gasteiger partial charge in [0.25, 0.3) is 0 Å². The van der Waals surface area contributed by atoms with E-state index in [1.807, 2.05) is 6.07 Å². The minimum atomic E-state index is -1.40. The zero-order valence-corrected chi connectivity index (χ0v) is 21.3. The molecule has 202 valence electrons. The molecule has 10 heteroatoms. The van der Waals surface area contributed by atoms with E-state index < -0.39 is 34.3 Å². The maximum Gasteiger partial charge on any atom is 0.149 e. The van der Waals surface area contributed by atoms with Gasteiger partial charge in [-0.2, -0.15) is 0 Å². The van der Waals surface area contributed by atoms with Crippen LogP contribution >= 0.6 is 0 Å². The average molecular weight is 528 g/mol. The summed E-state index contributed by atoms with van der Waals surface area (Å²) in [5, 5.41) is 14.1. The number of aromatic nitrogens is 2. The highest BCUT2D eigenvalue weighted by Crippen LogP contribution is 2.36. The van der Waals surface area contributed by atoms with Gasteiger partial charge in [0.15, 0.2) is 0 Å². The predicted octanol–water partition coefficient (Wildman–Crippen LogP) is 4.34. The van der Waals surface area contributed by atoms with E-state index in [4.69, 9.17) is 10.5 Å². The standard InChI is InChI=1S/C28H32F3N5O2/c1-17-10-19(32)16-36(15-17)25-4-7-33-14-24(25)34-13-20-2-3-21(29)27(35-20)26-22(30)11-18(12-23(26)31)28(37)5-8-38-9-6-28/h2-4,7,11-12,14,17,19,34,37H,5-6,8-10,13,15-16,32H2,1H3. The fourth-order valence-corrected chi connectivity index (χ4v) is 5.40. The first-order chi connectivity index (χ1) is 18.2. The van der Waals surface area contributed by atoms with Gasteiger partial charge in [0, 0.05) is 51.4 Å². The number of aliphatic hydroxyl groups is 1. The van der Waals surface area contributed by atoms with E-state index in [0.717, 1.165) is 49.1 Å². The van der Waals surface area contributed by atoms with Crippen molar-refractivity contribution in [2.75, 3.05) is 36.5 Å². The monoisotopic (exact) mass is 527 g/mol. The number of hydrogen-bond donors (Lipinski definition) is 3. The molecule has 4 heterocycles. The van der Waals surface area contributed by atoms with Gasteiger partial charge in [-0.1, -0.05) is 6.92 Å². The molecule has 2 saturated heterocycles. The van der Waals surface area contributed by atoms with E-state index in [9.17, 15) is 9.50 Å². The summed E-state index contributed by atoms with van der Waals surface area (Å²) in [6.07, 6.45) is 4.82. The number of halogens is 3. The van der Waals surface area contributed by atoms with Gasteiger partial charge >= 0.3 is 0 Å².